The van der Waals surface area contributed by atoms with Gasteiger partial charge in [0.2, 0.25) is 11.9 Å². The second-order valence-electron chi connectivity index (χ2n) is 14.7. The van der Waals surface area contributed by atoms with E-state index in [0.717, 1.165) is 27.4 Å². The van der Waals surface area contributed by atoms with Crippen molar-refractivity contribution in [2.24, 2.45) is 7.05 Å². The Morgan fingerprint density at radius 1 is 1.00 bits per heavy atom. The van der Waals surface area contributed by atoms with Gasteiger partial charge in [0.25, 0.3) is 0 Å². The van der Waals surface area contributed by atoms with Gasteiger partial charge in [-0.3, -0.25) is 9.69 Å². The molecule has 14 heteroatoms. The molecule has 280 valence electrons. The smallest absolute Gasteiger partial charge is 0.422 e. The van der Waals surface area contributed by atoms with Crippen LogP contribution in [0.5, 0.6) is 5.75 Å². The van der Waals surface area contributed by atoms with Crippen LogP contribution in [0.25, 0.3) is 22.2 Å². The van der Waals surface area contributed by atoms with Crippen LogP contribution in [0, 0.1) is 18.3 Å². The van der Waals surface area contributed by atoms with E-state index in [1.54, 1.807) is 53.7 Å². The van der Waals surface area contributed by atoms with Crippen LogP contribution in [0.2, 0.25) is 0 Å². The van der Waals surface area contributed by atoms with Gasteiger partial charge in [-0.05, 0) is 98.5 Å². The van der Waals surface area contributed by atoms with E-state index >= 15 is 0 Å². The van der Waals surface area contributed by atoms with Gasteiger partial charge in [0.1, 0.15) is 23.0 Å². The fourth-order valence-corrected chi connectivity index (χ4v) is 5.52. The third-order valence-corrected chi connectivity index (χ3v) is 7.77. The first-order valence-electron chi connectivity index (χ1n) is 16.9. The first kappa shape index (κ1) is 39.8. The van der Waals surface area contributed by atoms with Crippen LogP contribution >= 0.6 is 0 Å². The van der Waals surface area contributed by atoms with Gasteiger partial charge in [0.05, 0.1) is 40.9 Å². The van der Waals surface area contributed by atoms with Crippen molar-refractivity contribution in [2.45, 2.75) is 59.7 Å². The molecule has 0 aliphatic carbocycles. The minimum absolute atomic E-state index is 0.0798. The normalized spacial score (nSPS) is 11.5. The number of nitrogens with one attached hydrogen (secondary N) is 1. The molecule has 0 saturated carbocycles. The first-order valence-corrected chi connectivity index (χ1v) is 16.9. The van der Waals surface area contributed by atoms with Gasteiger partial charge in [0, 0.05) is 49.5 Å². The number of aryl methyl sites for hydroxylation is 2. The van der Waals surface area contributed by atoms with Crippen molar-refractivity contribution in [3.63, 3.8) is 0 Å². The van der Waals surface area contributed by atoms with Gasteiger partial charge in [-0.15, -0.1) is 0 Å². The van der Waals surface area contributed by atoms with Gasteiger partial charge < -0.3 is 29.0 Å². The van der Waals surface area contributed by atoms with E-state index in [4.69, 9.17) is 19.2 Å². The van der Waals surface area contributed by atoms with E-state index in [9.17, 15) is 19.6 Å². The summed E-state index contributed by atoms with van der Waals surface area (Å²) in [4.78, 5) is 54.4. The number of carbonyl (C=O) groups excluding carboxylic acids is 3. The number of aromatic nitrogens is 3. The second kappa shape index (κ2) is 15.7. The molecule has 2 heterocycles. The van der Waals surface area contributed by atoms with Crippen LogP contribution in [-0.4, -0.2) is 83.0 Å². The average molecular weight is 725 g/mol. The molecule has 0 aliphatic heterocycles. The number of ether oxygens (including phenoxy) is 3. The maximum absolute atomic E-state index is 14.2. The number of methoxy groups -OCH3 is 1. The lowest BCUT2D eigenvalue weighted by Gasteiger charge is -2.31. The highest BCUT2D eigenvalue weighted by Crippen LogP contribution is 2.42. The molecule has 4 aromatic rings. The van der Waals surface area contributed by atoms with Gasteiger partial charge in [0.15, 0.2) is 0 Å². The highest BCUT2D eigenvalue weighted by atomic mass is 16.6. The van der Waals surface area contributed by atoms with Gasteiger partial charge in [-0.1, -0.05) is 6.58 Å². The molecule has 53 heavy (non-hydrogen) atoms. The minimum Gasteiger partial charge on any atom is -0.494 e. The lowest BCUT2D eigenvalue weighted by molar-refractivity contribution is -0.111. The van der Waals surface area contributed by atoms with Crippen LogP contribution in [0.15, 0.2) is 55.4 Å². The standard InChI is InChI=1S/C39H48N8O6/c1-13-33(48)42-29-20-31(32(51-12)21-30(29)46(17-16-44(9)10)36(49)52-38(3,4)5)47(37(50)53-39(6,7)8)35-41-15-14-28(43-35)25-18-26(22-40)34-27(19-25)24(2)23-45(34)11/h13-15,18-21,23H,1,16-17H2,2-12H3,(H,42,48). The molecule has 0 bridgehead atoms. The van der Waals surface area contributed by atoms with E-state index < -0.39 is 29.3 Å². The van der Waals surface area contributed by atoms with E-state index in [1.165, 1.54) is 30.3 Å². The zero-order valence-corrected chi connectivity index (χ0v) is 32.3. The zero-order valence-electron chi connectivity index (χ0n) is 32.3. The lowest BCUT2D eigenvalue weighted by Crippen LogP contribution is -2.41. The average Bonchev–Trinajstić information content (AvgIpc) is 3.35. The molecule has 14 nitrogen and oxygen atoms in total. The van der Waals surface area contributed by atoms with E-state index in [-0.39, 0.29) is 35.3 Å². The van der Waals surface area contributed by atoms with E-state index in [1.807, 2.05) is 49.8 Å². The number of amides is 3. The summed E-state index contributed by atoms with van der Waals surface area (Å²) in [5, 5.41) is 13.7. The number of rotatable bonds is 10. The van der Waals surface area contributed by atoms with Crippen LogP contribution < -0.4 is 19.9 Å². The number of carbonyl (C=O) groups is 3. The third kappa shape index (κ3) is 9.49. The Bertz CT molecular complexity index is 2080. The predicted octanol–water partition coefficient (Wildman–Crippen LogP) is 7.32. The Labute approximate surface area is 310 Å². The summed E-state index contributed by atoms with van der Waals surface area (Å²) in [5.41, 5.74) is 2.03. The number of fused-ring (bicyclic) bond motifs is 1. The Morgan fingerprint density at radius 3 is 2.25 bits per heavy atom. The van der Waals surface area contributed by atoms with Crippen LogP contribution in [-0.2, 0) is 21.3 Å². The van der Waals surface area contributed by atoms with Crippen molar-refractivity contribution in [3.8, 4) is 23.1 Å². The van der Waals surface area contributed by atoms with Crippen LogP contribution in [0.1, 0.15) is 52.7 Å². The SMILES string of the molecule is C=CC(=O)Nc1cc(N(C(=O)OC(C)(C)C)c2nccc(-c3cc(C#N)c4c(c3)c(C)cn4C)n2)c(OC)cc1N(CCN(C)C)C(=O)OC(C)(C)C. The molecule has 2 aromatic heterocycles. The molecule has 2 aromatic carbocycles. The fourth-order valence-electron chi connectivity index (χ4n) is 5.52. The number of hydrogen-bond donors (Lipinski definition) is 1. The molecule has 0 saturated heterocycles. The zero-order chi connectivity index (χ0) is 39.4. The number of likely N-dealkylation sites (N-methyl/N-ethyl adjacent to an activating group) is 1. The summed E-state index contributed by atoms with van der Waals surface area (Å²) >= 11 is 0. The molecule has 0 unspecified atom stereocenters. The molecule has 1 N–H and O–H groups in total. The van der Waals surface area contributed by atoms with Crippen molar-refractivity contribution in [3.05, 3.63) is 66.5 Å². The molecular formula is C39H48N8O6. The Hall–Kier alpha value is -5.94. The summed E-state index contributed by atoms with van der Waals surface area (Å²) in [6.45, 7) is 16.6. The highest BCUT2D eigenvalue weighted by molar-refractivity contribution is 6.06. The largest absolute Gasteiger partial charge is 0.494 e. The van der Waals surface area contributed by atoms with Crippen molar-refractivity contribution in [1.29, 1.82) is 5.26 Å². The number of benzene rings is 2. The molecular weight excluding hydrogens is 676 g/mol. The van der Waals surface area contributed by atoms with Crippen LogP contribution in [0.3, 0.4) is 0 Å². The van der Waals surface area contributed by atoms with Crippen molar-refractivity contribution >= 4 is 52.0 Å². The number of nitriles is 1. The molecule has 0 spiro atoms. The summed E-state index contributed by atoms with van der Waals surface area (Å²) in [5.74, 6) is -0.521. The predicted molar refractivity (Wildman–Crippen MR) is 206 cm³/mol. The second-order valence-corrected chi connectivity index (χ2v) is 14.7. The van der Waals surface area contributed by atoms with Crippen molar-refractivity contribution in [1.82, 2.24) is 19.4 Å². The number of hydrogen-bond acceptors (Lipinski definition) is 10. The summed E-state index contributed by atoms with van der Waals surface area (Å²) in [6.07, 6.45) is 3.03. The fraction of sp³-hybridized carbons (Fsp3) is 0.385. The molecule has 0 radical (unpaired) electrons. The van der Waals surface area contributed by atoms with E-state index in [0.29, 0.717) is 23.4 Å². The first-order chi connectivity index (χ1) is 24.8. The molecule has 0 atom stereocenters. The van der Waals surface area contributed by atoms with Crippen LogP contribution in [0.4, 0.5) is 32.6 Å². The molecule has 3 amide bonds. The maximum atomic E-state index is 14.2. The van der Waals surface area contributed by atoms with Crippen molar-refractivity contribution in [2.75, 3.05) is 49.4 Å². The van der Waals surface area contributed by atoms with Crippen molar-refractivity contribution < 1.29 is 28.6 Å². The van der Waals surface area contributed by atoms with E-state index in [2.05, 4.69) is 22.9 Å². The van der Waals surface area contributed by atoms with Gasteiger partial charge >= 0.3 is 12.2 Å². The summed E-state index contributed by atoms with van der Waals surface area (Å²) < 4.78 is 19.4. The minimum atomic E-state index is -0.933. The Kier molecular flexibility index (Phi) is 11.8. The van der Waals surface area contributed by atoms with Gasteiger partial charge in [-0.2, -0.15) is 5.26 Å². The lowest BCUT2D eigenvalue weighted by atomic mass is 10.0. The third-order valence-electron chi connectivity index (χ3n) is 7.77. The molecule has 0 aliphatic rings. The molecule has 4 rings (SSSR count). The summed E-state index contributed by atoms with van der Waals surface area (Å²) in [7, 11) is 7.03. The van der Waals surface area contributed by atoms with Gasteiger partial charge in [-0.25, -0.2) is 24.5 Å². The Morgan fingerprint density at radius 2 is 1.66 bits per heavy atom. The monoisotopic (exact) mass is 724 g/mol. The maximum Gasteiger partial charge on any atom is 0.422 e. The highest BCUT2D eigenvalue weighted by Gasteiger charge is 2.33. The Balaban J connectivity index is 1.99. The topological polar surface area (TPSA) is 155 Å². The summed E-state index contributed by atoms with van der Waals surface area (Å²) in [6, 6.07) is 10.6. The molecule has 0 fully saturated rings. The quantitative estimate of drug-likeness (QED) is 0.164. The number of anilines is 4. The number of nitrogens with zero attached hydrogens (tertiary/aromatic N) is 7.